The molecule has 1 aromatic carbocycles. The molecule has 0 aromatic heterocycles. The van der Waals surface area contributed by atoms with Crippen LogP contribution in [0, 0.1) is 0 Å². The van der Waals surface area contributed by atoms with Gasteiger partial charge in [0.15, 0.2) is 11.5 Å². The number of benzene rings is 1. The number of hydrogen-bond acceptors (Lipinski definition) is 6. The molecule has 0 spiro atoms. The van der Waals surface area contributed by atoms with Crippen molar-refractivity contribution in [1.82, 2.24) is 10.6 Å². The highest BCUT2D eigenvalue weighted by molar-refractivity contribution is 7.98. The van der Waals surface area contributed by atoms with Crippen LogP contribution in [0.3, 0.4) is 0 Å². The van der Waals surface area contributed by atoms with Gasteiger partial charge in [-0.3, -0.25) is 4.79 Å². The topological polar surface area (TPSA) is 112 Å². The summed E-state index contributed by atoms with van der Waals surface area (Å²) >= 11 is 1.58. The molecule has 0 radical (unpaired) electrons. The predicted octanol–water partition coefficient (Wildman–Crippen LogP) is 1.12. The standard InChI is InChI=1S/C16H25N3O5S/c1-22-12-7-10(8-13(23-2)14(12)24-3)9-18-15(20)11(5-6-25-4)19-16(17)21/h7-8,11H,5-6,9H2,1-4H3,(H,18,20)(H3,17,19,21)/t11-/m1/s1. The normalized spacial score (nSPS) is 11.4. The summed E-state index contributed by atoms with van der Waals surface area (Å²) < 4.78 is 15.8. The molecular formula is C16H25N3O5S. The van der Waals surface area contributed by atoms with E-state index in [-0.39, 0.29) is 12.5 Å². The zero-order chi connectivity index (χ0) is 18.8. The van der Waals surface area contributed by atoms with E-state index in [1.807, 2.05) is 6.26 Å². The first-order chi connectivity index (χ1) is 12.0. The van der Waals surface area contributed by atoms with E-state index in [4.69, 9.17) is 19.9 Å². The number of primary amides is 1. The maximum Gasteiger partial charge on any atom is 0.312 e. The number of urea groups is 1. The summed E-state index contributed by atoms with van der Waals surface area (Å²) in [6, 6.07) is 2.10. The molecule has 0 aliphatic heterocycles. The van der Waals surface area contributed by atoms with Crippen LogP contribution in [0.25, 0.3) is 0 Å². The minimum atomic E-state index is -0.728. The number of carbonyl (C=O) groups is 2. The van der Waals surface area contributed by atoms with E-state index in [1.54, 1.807) is 23.9 Å². The average Bonchev–Trinajstić information content (AvgIpc) is 2.61. The summed E-state index contributed by atoms with van der Waals surface area (Å²) in [7, 11) is 4.57. The van der Waals surface area contributed by atoms with E-state index in [2.05, 4.69) is 10.6 Å². The molecule has 25 heavy (non-hydrogen) atoms. The third kappa shape index (κ3) is 6.26. The van der Waals surface area contributed by atoms with Gasteiger partial charge in [0.25, 0.3) is 0 Å². The Balaban J connectivity index is 2.84. The van der Waals surface area contributed by atoms with E-state index < -0.39 is 12.1 Å². The second-order valence-corrected chi connectivity index (χ2v) is 6.08. The SMILES string of the molecule is COc1cc(CNC(=O)[C@@H](CCSC)NC(N)=O)cc(OC)c1OC. The van der Waals surface area contributed by atoms with Gasteiger partial charge in [-0.05, 0) is 36.1 Å². The molecule has 0 saturated carbocycles. The van der Waals surface area contributed by atoms with Crippen molar-refractivity contribution in [2.75, 3.05) is 33.3 Å². The molecule has 0 heterocycles. The smallest absolute Gasteiger partial charge is 0.312 e. The Bertz CT molecular complexity index is 572. The van der Waals surface area contributed by atoms with Crippen LogP contribution in [-0.2, 0) is 11.3 Å². The molecule has 3 amide bonds. The van der Waals surface area contributed by atoms with Crippen molar-refractivity contribution in [3.05, 3.63) is 17.7 Å². The van der Waals surface area contributed by atoms with E-state index in [9.17, 15) is 9.59 Å². The molecule has 0 aliphatic rings. The third-order valence-corrected chi connectivity index (χ3v) is 4.08. The first-order valence-corrected chi connectivity index (χ1v) is 8.97. The molecule has 9 heteroatoms. The van der Waals surface area contributed by atoms with Crippen molar-refractivity contribution >= 4 is 23.7 Å². The number of thioether (sulfide) groups is 1. The number of carbonyl (C=O) groups excluding carboxylic acids is 2. The summed E-state index contributed by atoms with van der Waals surface area (Å²) in [5, 5.41) is 5.24. The lowest BCUT2D eigenvalue weighted by Crippen LogP contribution is -2.48. The van der Waals surface area contributed by atoms with Crippen molar-refractivity contribution < 1.29 is 23.8 Å². The summed E-state index contributed by atoms with van der Waals surface area (Å²) in [4.78, 5) is 23.4. The van der Waals surface area contributed by atoms with Gasteiger partial charge < -0.3 is 30.6 Å². The fourth-order valence-electron chi connectivity index (χ4n) is 2.23. The molecule has 1 atom stereocenters. The molecule has 140 valence electrons. The van der Waals surface area contributed by atoms with Gasteiger partial charge in [0.2, 0.25) is 11.7 Å². The number of nitrogens with one attached hydrogen (secondary N) is 2. The van der Waals surface area contributed by atoms with Gasteiger partial charge in [-0.1, -0.05) is 0 Å². The second-order valence-electron chi connectivity index (χ2n) is 5.09. The second kappa shape index (κ2) is 10.5. The van der Waals surface area contributed by atoms with Crippen molar-refractivity contribution in [3.63, 3.8) is 0 Å². The number of hydrogen-bond donors (Lipinski definition) is 3. The molecule has 0 fully saturated rings. The molecule has 1 aromatic rings. The van der Waals surface area contributed by atoms with Crippen LogP contribution in [0.1, 0.15) is 12.0 Å². The zero-order valence-corrected chi connectivity index (χ0v) is 15.7. The van der Waals surface area contributed by atoms with Gasteiger partial charge in [-0.2, -0.15) is 11.8 Å². The van der Waals surface area contributed by atoms with E-state index in [1.165, 1.54) is 21.3 Å². The lowest BCUT2D eigenvalue weighted by molar-refractivity contribution is -0.123. The maximum atomic E-state index is 12.3. The average molecular weight is 371 g/mol. The van der Waals surface area contributed by atoms with Gasteiger partial charge in [-0.25, -0.2) is 4.79 Å². The minimum absolute atomic E-state index is 0.242. The van der Waals surface area contributed by atoms with Crippen molar-refractivity contribution in [2.24, 2.45) is 5.73 Å². The molecule has 0 bridgehead atoms. The van der Waals surface area contributed by atoms with E-state index in [0.29, 0.717) is 23.7 Å². The number of nitrogens with two attached hydrogens (primary N) is 1. The Hall–Kier alpha value is -2.29. The van der Waals surface area contributed by atoms with Crippen LogP contribution in [0.4, 0.5) is 4.79 Å². The van der Waals surface area contributed by atoms with Crippen LogP contribution >= 0.6 is 11.8 Å². The van der Waals surface area contributed by atoms with E-state index in [0.717, 1.165) is 11.3 Å². The van der Waals surface area contributed by atoms with Crippen molar-refractivity contribution in [2.45, 2.75) is 19.0 Å². The Kier molecular flexibility index (Phi) is 8.76. The highest BCUT2D eigenvalue weighted by atomic mass is 32.2. The maximum absolute atomic E-state index is 12.3. The van der Waals surface area contributed by atoms with Crippen LogP contribution in [0.2, 0.25) is 0 Å². The molecular weight excluding hydrogens is 346 g/mol. The lowest BCUT2D eigenvalue weighted by atomic mass is 10.1. The summed E-state index contributed by atoms with van der Waals surface area (Å²) in [5.41, 5.74) is 5.90. The van der Waals surface area contributed by atoms with Crippen molar-refractivity contribution in [3.8, 4) is 17.2 Å². The molecule has 0 aliphatic carbocycles. The van der Waals surface area contributed by atoms with Gasteiger partial charge >= 0.3 is 6.03 Å². The van der Waals surface area contributed by atoms with Crippen LogP contribution in [-0.4, -0.2) is 51.3 Å². The summed E-state index contributed by atoms with van der Waals surface area (Å²) in [5.74, 6) is 1.90. The Labute approximate surface area is 151 Å². The quantitative estimate of drug-likeness (QED) is 0.568. The van der Waals surface area contributed by atoms with Crippen molar-refractivity contribution in [1.29, 1.82) is 0 Å². The highest BCUT2D eigenvalue weighted by Gasteiger charge is 2.20. The molecule has 8 nitrogen and oxygen atoms in total. The fraction of sp³-hybridized carbons (Fsp3) is 0.500. The molecule has 0 unspecified atom stereocenters. The van der Waals surface area contributed by atoms with Gasteiger partial charge in [0.05, 0.1) is 21.3 Å². The van der Waals surface area contributed by atoms with Gasteiger partial charge in [-0.15, -0.1) is 0 Å². The number of rotatable bonds is 10. The molecule has 0 saturated heterocycles. The minimum Gasteiger partial charge on any atom is -0.493 e. The van der Waals surface area contributed by atoms with Gasteiger partial charge in [0.1, 0.15) is 6.04 Å². The van der Waals surface area contributed by atoms with Gasteiger partial charge in [0, 0.05) is 6.54 Å². The monoisotopic (exact) mass is 371 g/mol. The fourth-order valence-corrected chi connectivity index (χ4v) is 2.70. The molecule has 1 rings (SSSR count). The Morgan fingerprint density at radius 1 is 1.16 bits per heavy atom. The number of ether oxygens (including phenoxy) is 3. The van der Waals surface area contributed by atoms with Crippen LogP contribution in [0.15, 0.2) is 12.1 Å². The molecule has 4 N–H and O–H groups in total. The van der Waals surface area contributed by atoms with Crippen LogP contribution in [0.5, 0.6) is 17.2 Å². The summed E-state index contributed by atoms with van der Waals surface area (Å²) in [6.45, 7) is 0.242. The van der Waals surface area contributed by atoms with E-state index >= 15 is 0 Å². The summed E-state index contributed by atoms with van der Waals surface area (Å²) in [6.07, 6.45) is 2.42. The third-order valence-electron chi connectivity index (χ3n) is 3.43. The highest BCUT2D eigenvalue weighted by Crippen LogP contribution is 2.38. The Morgan fingerprint density at radius 2 is 1.76 bits per heavy atom. The number of methoxy groups -OCH3 is 3. The zero-order valence-electron chi connectivity index (χ0n) is 14.9. The lowest BCUT2D eigenvalue weighted by Gasteiger charge is -2.18. The first-order valence-electron chi connectivity index (χ1n) is 7.58. The first kappa shape index (κ1) is 20.8. The Morgan fingerprint density at radius 3 is 2.20 bits per heavy atom. The largest absolute Gasteiger partial charge is 0.493 e. The predicted molar refractivity (Wildman–Crippen MR) is 97.5 cm³/mol. The number of amides is 3. The van der Waals surface area contributed by atoms with Crippen LogP contribution < -0.4 is 30.6 Å².